The summed E-state index contributed by atoms with van der Waals surface area (Å²) in [7, 11) is 0. The van der Waals surface area contributed by atoms with Crippen molar-refractivity contribution in [2.45, 2.75) is 6.18 Å². The molecule has 0 fully saturated rings. The Kier molecular flexibility index (Phi) is 3.97. The highest BCUT2D eigenvalue weighted by Gasteiger charge is 2.34. The highest BCUT2D eigenvalue weighted by Crippen LogP contribution is 2.26. The molecule has 0 atom stereocenters. The van der Waals surface area contributed by atoms with Crippen molar-refractivity contribution >= 4 is 33.7 Å². The van der Waals surface area contributed by atoms with Gasteiger partial charge in [0, 0.05) is 6.08 Å². The summed E-state index contributed by atoms with van der Waals surface area (Å²) in [5, 5.41) is 1.61. The van der Waals surface area contributed by atoms with E-state index < -0.39 is 17.7 Å². The van der Waals surface area contributed by atoms with Crippen molar-refractivity contribution in [3.8, 4) is 0 Å². The van der Waals surface area contributed by atoms with Crippen molar-refractivity contribution in [3.63, 3.8) is 0 Å². The molecule has 1 aromatic heterocycles. The largest absolute Gasteiger partial charge is 0.650 e. The molecule has 15 heavy (non-hydrogen) atoms. The van der Waals surface area contributed by atoms with Crippen LogP contribution in [0.5, 0.6) is 0 Å². The van der Waals surface area contributed by atoms with Crippen molar-refractivity contribution in [1.82, 2.24) is 0 Å². The third kappa shape index (κ3) is 3.38. The third-order valence-electron chi connectivity index (χ3n) is 1.43. The van der Waals surface area contributed by atoms with Gasteiger partial charge >= 0.3 is 22.8 Å². The highest BCUT2D eigenvalue weighted by atomic mass is 32.1. The number of hydrogen-bond acceptors (Lipinski definition) is 3. The van der Waals surface area contributed by atoms with Crippen LogP contribution in [0.15, 0.2) is 29.3 Å². The maximum Gasteiger partial charge on any atom is 0.482 e. The number of rotatable bonds is 3. The summed E-state index contributed by atoms with van der Waals surface area (Å²) in [5.74, 6) is -2.05. The minimum absolute atomic E-state index is 0.235. The molecule has 0 aromatic carbocycles. The molecule has 7 heteroatoms. The second-order valence-electron chi connectivity index (χ2n) is 2.47. The maximum absolute atomic E-state index is 12.2. The van der Waals surface area contributed by atoms with Gasteiger partial charge in [0.25, 0.3) is 0 Å². The molecule has 1 aromatic rings. The summed E-state index contributed by atoms with van der Waals surface area (Å²) in [6.45, 7) is 0. The zero-order valence-electron chi connectivity index (χ0n) is 7.25. The van der Waals surface area contributed by atoms with E-state index in [1.54, 1.807) is 11.4 Å². The van der Waals surface area contributed by atoms with Gasteiger partial charge in [-0.3, -0.25) is 4.79 Å². The lowest BCUT2D eigenvalue weighted by Crippen LogP contribution is -2.15. The predicted octanol–water partition coefficient (Wildman–Crippen LogP) is 2.48. The fourth-order valence-electron chi connectivity index (χ4n) is 0.792. The standard InChI is InChI=1S/C8H5F3O2S.Al/c9-8(10,11)7(13)4-5(12)6-2-1-3-14-6;/h1-4,13H;/q;+1/p-1/b7-4-;. The van der Waals surface area contributed by atoms with Gasteiger partial charge in [0.2, 0.25) is 0 Å². The summed E-state index contributed by atoms with van der Waals surface area (Å²) in [6, 6.07) is 3.03. The Balaban J connectivity index is 2.91. The summed E-state index contributed by atoms with van der Waals surface area (Å²) < 4.78 is 40.5. The van der Waals surface area contributed by atoms with Crippen molar-refractivity contribution in [1.29, 1.82) is 0 Å². The molecule has 0 aliphatic carbocycles. The molecule has 0 aliphatic rings. The van der Waals surface area contributed by atoms with E-state index in [1.165, 1.54) is 22.7 Å². The van der Waals surface area contributed by atoms with Crippen LogP contribution in [0.25, 0.3) is 0 Å². The normalized spacial score (nSPS) is 12.6. The maximum atomic E-state index is 12.2. The van der Waals surface area contributed by atoms with Crippen LogP contribution in [0, 0.1) is 0 Å². The summed E-state index contributed by atoms with van der Waals surface area (Å²) >= 11 is 2.54. The van der Waals surface area contributed by atoms with E-state index in [4.69, 9.17) is 0 Å². The molecule has 2 nitrogen and oxygen atoms in total. The molecule has 1 heterocycles. The van der Waals surface area contributed by atoms with Gasteiger partial charge in [0.1, 0.15) is 0 Å². The van der Waals surface area contributed by atoms with Crippen LogP contribution >= 0.6 is 11.3 Å². The number of allylic oxidation sites excluding steroid dienone is 2. The first kappa shape index (κ1) is 12.3. The van der Waals surface area contributed by atoms with Crippen molar-refractivity contribution in [2.75, 3.05) is 0 Å². The van der Waals surface area contributed by atoms with Gasteiger partial charge in [-0.1, -0.05) is 6.07 Å². The molecule has 0 N–H and O–H groups in total. The van der Waals surface area contributed by atoms with Crippen LogP contribution in [0.1, 0.15) is 9.67 Å². The van der Waals surface area contributed by atoms with Crippen molar-refractivity contribution in [2.24, 2.45) is 0 Å². The monoisotopic (exact) mass is 248 g/mol. The Morgan fingerprint density at radius 1 is 1.53 bits per heavy atom. The molecule has 0 saturated heterocycles. The Morgan fingerprint density at radius 3 is 2.60 bits per heavy atom. The van der Waals surface area contributed by atoms with E-state index in [1.807, 2.05) is 0 Å². The molecule has 0 unspecified atom stereocenters. The molecule has 2 radical (unpaired) electrons. The molecular formula is C8H4AlF3O2S. The lowest BCUT2D eigenvalue weighted by atomic mass is 10.3. The van der Waals surface area contributed by atoms with Crippen LogP contribution in [-0.4, -0.2) is 28.6 Å². The van der Waals surface area contributed by atoms with Crippen LogP contribution in [0.3, 0.4) is 0 Å². The average Bonchev–Trinajstić information content (AvgIpc) is 2.64. The molecule has 0 amide bonds. The number of carbonyl (C=O) groups is 1. The average molecular weight is 248 g/mol. The molecule has 78 valence electrons. The van der Waals surface area contributed by atoms with Gasteiger partial charge in [-0.15, -0.1) is 11.3 Å². The predicted molar refractivity (Wildman–Crippen MR) is 49.6 cm³/mol. The van der Waals surface area contributed by atoms with E-state index in [-0.39, 0.29) is 4.88 Å². The minimum atomic E-state index is -4.66. The molecule has 0 bridgehead atoms. The fraction of sp³-hybridized carbons (Fsp3) is 0.125. The van der Waals surface area contributed by atoms with E-state index in [2.05, 4.69) is 3.79 Å². The quantitative estimate of drug-likeness (QED) is 0.355. The van der Waals surface area contributed by atoms with E-state index in [0.717, 1.165) is 11.3 Å². The Morgan fingerprint density at radius 2 is 2.20 bits per heavy atom. The Bertz CT molecular complexity index is 370. The Hall–Kier alpha value is -0.768. The zero-order chi connectivity index (χ0) is 11.5. The summed E-state index contributed by atoms with van der Waals surface area (Å²) in [5.41, 5.74) is 0. The van der Waals surface area contributed by atoms with Gasteiger partial charge in [-0.25, -0.2) is 0 Å². The van der Waals surface area contributed by atoms with Crippen molar-refractivity contribution in [3.05, 3.63) is 34.2 Å². The van der Waals surface area contributed by atoms with Gasteiger partial charge in [-0.2, -0.15) is 13.2 Å². The van der Waals surface area contributed by atoms with Gasteiger partial charge in [-0.05, 0) is 11.4 Å². The molecule has 1 rings (SSSR count). The SMILES string of the molecule is O=C(/C=C(\[O][Al])C(F)(F)F)c1cccs1. The molecule has 0 saturated carbocycles. The fourth-order valence-corrected chi connectivity index (χ4v) is 1.63. The molecular weight excluding hydrogens is 244 g/mol. The molecule has 0 spiro atoms. The minimum Gasteiger partial charge on any atom is -0.650 e. The van der Waals surface area contributed by atoms with E-state index in [0.29, 0.717) is 6.08 Å². The lowest BCUT2D eigenvalue weighted by Gasteiger charge is -2.11. The zero-order valence-corrected chi connectivity index (χ0v) is 9.22. The van der Waals surface area contributed by atoms with E-state index in [9.17, 15) is 18.0 Å². The first-order valence-electron chi connectivity index (χ1n) is 3.68. The molecule has 0 aliphatic heterocycles. The van der Waals surface area contributed by atoms with E-state index >= 15 is 0 Å². The summed E-state index contributed by atoms with van der Waals surface area (Å²) in [6.07, 6.45) is -4.23. The summed E-state index contributed by atoms with van der Waals surface area (Å²) in [4.78, 5) is 11.5. The first-order valence-corrected chi connectivity index (χ1v) is 5.03. The van der Waals surface area contributed by atoms with Crippen molar-refractivity contribution < 1.29 is 21.8 Å². The first-order chi connectivity index (χ1) is 6.95. The van der Waals surface area contributed by atoms with Crippen LogP contribution < -0.4 is 0 Å². The van der Waals surface area contributed by atoms with Crippen LogP contribution in [0.4, 0.5) is 13.2 Å². The topological polar surface area (TPSA) is 26.3 Å². The number of halogens is 3. The Labute approximate surface area is 96.1 Å². The van der Waals surface area contributed by atoms with Gasteiger partial charge in [0.15, 0.2) is 11.5 Å². The third-order valence-corrected chi connectivity index (χ3v) is 2.57. The number of alkyl halides is 3. The van der Waals surface area contributed by atoms with Crippen LogP contribution in [0.2, 0.25) is 0 Å². The lowest BCUT2D eigenvalue weighted by molar-refractivity contribution is -0.115. The van der Waals surface area contributed by atoms with Gasteiger partial charge < -0.3 is 3.79 Å². The smallest absolute Gasteiger partial charge is 0.482 e. The second-order valence-corrected chi connectivity index (χ2v) is 3.65. The number of hydrogen-bond donors (Lipinski definition) is 0. The highest BCUT2D eigenvalue weighted by molar-refractivity contribution is 7.12. The van der Waals surface area contributed by atoms with Gasteiger partial charge in [0.05, 0.1) is 4.88 Å². The second kappa shape index (κ2) is 4.84. The number of carbonyl (C=O) groups excluding carboxylic acids is 1. The van der Waals surface area contributed by atoms with Crippen LogP contribution in [-0.2, 0) is 3.79 Å². The number of thiophene rings is 1. The number of ketones is 1.